The van der Waals surface area contributed by atoms with Crippen molar-refractivity contribution in [3.8, 4) is 0 Å². The first kappa shape index (κ1) is 17.1. The standard InChI is InChI=1S/C11H16N4O3.ClH/c1-18-6-5-13-10(16)7-14-11(17)8-3-2-4-9(12)15-8;/h2-4H,5-7H2,1H3,(H2,12,15)(H,13,16)(H,14,17);1H. The number of hydrogen-bond donors (Lipinski definition) is 3. The van der Waals surface area contributed by atoms with E-state index in [-0.39, 0.29) is 36.4 Å². The van der Waals surface area contributed by atoms with Crippen LogP contribution in [0.3, 0.4) is 0 Å². The Hall–Kier alpha value is -1.86. The lowest BCUT2D eigenvalue weighted by atomic mass is 10.3. The average molecular weight is 289 g/mol. The molecule has 0 aliphatic heterocycles. The molecule has 4 N–H and O–H groups in total. The summed E-state index contributed by atoms with van der Waals surface area (Å²) in [5.41, 5.74) is 5.63. The van der Waals surface area contributed by atoms with E-state index in [9.17, 15) is 9.59 Å². The van der Waals surface area contributed by atoms with E-state index in [1.165, 1.54) is 6.07 Å². The van der Waals surface area contributed by atoms with Gasteiger partial charge in [-0.1, -0.05) is 6.07 Å². The van der Waals surface area contributed by atoms with Crippen LogP contribution >= 0.6 is 12.4 Å². The molecule has 19 heavy (non-hydrogen) atoms. The van der Waals surface area contributed by atoms with E-state index < -0.39 is 5.91 Å². The van der Waals surface area contributed by atoms with Gasteiger partial charge in [0, 0.05) is 13.7 Å². The van der Waals surface area contributed by atoms with Gasteiger partial charge in [0.25, 0.3) is 5.91 Å². The lowest BCUT2D eigenvalue weighted by Crippen LogP contribution is -2.38. The number of carbonyl (C=O) groups excluding carboxylic acids is 2. The molecule has 0 bridgehead atoms. The summed E-state index contributed by atoms with van der Waals surface area (Å²) in [6.45, 7) is 0.719. The van der Waals surface area contributed by atoms with E-state index in [1.807, 2.05) is 0 Å². The van der Waals surface area contributed by atoms with Crippen LogP contribution in [0.1, 0.15) is 10.5 Å². The summed E-state index contributed by atoms with van der Waals surface area (Å²) >= 11 is 0. The highest BCUT2D eigenvalue weighted by Crippen LogP contribution is 1.99. The van der Waals surface area contributed by atoms with E-state index in [0.29, 0.717) is 13.2 Å². The molecule has 0 aromatic carbocycles. The van der Waals surface area contributed by atoms with Crippen LogP contribution in [0.5, 0.6) is 0 Å². The number of carbonyl (C=O) groups is 2. The van der Waals surface area contributed by atoms with Crippen molar-refractivity contribution in [2.45, 2.75) is 0 Å². The van der Waals surface area contributed by atoms with Crippen LogP contribution in [0.15, 0.2) is 18.2 Å². The number of ether oxygens (including phenoxy) is 1. The summed E-state index contributed by atoms with van der Waals surface area (Å²) in [5.74, 6) is -0.472. The van der Waals surface area contributed by atoms with Crippen LogP contribution in [0.25, 0.3) is 0 Å². The largest absolute Gasteiger partial charge is 0.384 e. The number of nitrogen functional groups attached to an aromatic ring is 1. The van der Waals surface area contributed by atoms with Crippen LogP contribution in [0.4, 0.5) is 5.82 Å². The number of methoxy groups -OCH3 is 1. The van der Waals surface area contributed by atoms with Crippen molar-refractivity contribution in [2.75, 3.05) is 32.5 Å². The van der Waals surface area contributed by atoms with Gasteiger partial charge >= 0.3 is 0 Å². The third-order valence-corrected chi connectivity index (χ3v) is 2.04. The molecule has 0 radical (unpaired) electrons. The topological polar surface area (TPSA) is 106 Å². The Balaban J connectivity index is 0.00000324. The second-order valence-corrected chi connectivity index (χ2v) is 3.47. The summed E-state index contributed by atoms with van der Waals surface area (Å²) in [6, 6.07) is 4.72. The van der Waals surface area contributed by atoms with Gasteiger partial charge in [-0.2, -0.15) is 0 Å². The number of rotatable bonds is 6. The molecule has 0 fully saturated rings. The fraction of sp³-hybridized carbons (Fsp3) is 0.364. The molecule has 106 valence electrons. The van der Waals surface area contributed by atoms with Crippen LogP contribution in [-0.2, 0) is 9.53 Å². The normalized spacial score (nSPS) is 9.32. The second-order valence-electron chi connectivity index (χ2n) is 3.47. The predicted octanol–water partition coefficient (Wildman–Crippen LogP) is -0.422. The molecule has 0 saturated heterocycles. The van der Waals surface area contributed by atoms with Crippen molar-refractivity contribution >= 4 is 30.0 Å². The molecule has 1 aromatic rings. The van der Waals surface area contributed by atoms with Crippen LogP contribution in [-0.4, -0.2) is 43.6 Å². The molecule has 0 aliphatic carbocycles. The first-order valence-corrected chi connectivity index (χ1v) is 5.40. The predicted molar refractivity (Wildman–Crippen MR) is 73.1 cm³/mol. The average Bonchev–Trinajstić information content (AvgIpc) is 2.36. The number of aromatic nitrogens is 1. The molecule has 0 atom stereocenters. The molecule has 1 heterocycles. The zero-order valence-electron chi connectivity index (χ0n) is 10.5. The molecule has 1 aromatic heterocycles. The number of nitrogens with one attached hydrogen (secondary N) is 2. The zero-order chi connectivity index (χ0) is 13.4. The molecule has 2 amide bonds. The highest BCUT2D eigenvalue weighted by molar-refractivity contribution is 5.95. The number of anilines is 1. The van der Waals surface area contributed by atoms with Crippen LogP contribution < -0.4 is 16.4 Å². The number of nitrogens with two attached hydrogens (primary N) is 1. The van der Waals surface area contributed by atoms with Crippen molar-refractivity contribution in [1.82, 2.24) is 15.6 Å². The minimum atomic E-state index is -0.441. The molecule has 0 spiro atoms. The lowest BCUT2D eigenvalue weighted by molar-refractivity contribution is -0.120. The number of hydrogen-bond acceptors (Lipinski definition) is 5. The molecule has 1 rings (SSSR count). The van der Waals surface area contributed by atoms with Gasteiger partial charge in [-0.25, -0.2) is 4.98 Å². The number of amides is 2. The quantitative estimate of drug-likeness (QED) is 0.616. The zero-order valence-corrected chi connectivity index (χ0v) is 11.3. The fourth-order valence-electron chi connectivity index (χ4n) is 1.18. The molecule has 7 nitrogen and oxygen atoms in total. The van der Waals surface area contributed by atoms with Gasteiger partial charge in [0.05, 0.1) is 13.2 Å². The fourth-order valence-corrected chi connectivity index (χ4v) is 1.18. The molecule has 8 heteroatoms. The third kappa shape index (κ3) is 6.58. The van der Waals surface area contributed by atoms with Crippen LogP contribution in [0.2, 0.25) is 0 Å². The molecule has 0 aliphatic rings. The maximum atomic E-state index is 11.6. The van der Waals surface area contributed by atoms with Crippen LogP contribution in [0, 0.1) is 0 Å². The van der Waals surface area contributed by atoms with E-state index in [0.717, 1.165) is 0 Å². The smallest absolute Gasteiger partial charge is 0.270 e. The van der Waals surface area contributed by atoms with Crippen molar-refractivity contribution in [1.29, 1.82) is 0 Å². The first-order valence-electron chi connectivity index (χ1n) is 5.40. The lowest BCUT2D eigenvalue weighted by Gasteiger charge is -2.06. The number of pyridine rings is 1. The summed E-state index contributed by atoms with van der Waals surface area (Å²) in [4.78, 5) is 26.7. The monoisotopic (exact) mass is 288 g/mol. The maximum absolute atomic E-state index is 11.6. The van der Waals surface area contributed by atoms with Crippen molar-refractivity contribution in [3.63, 3.8) is 0 Å². The van der Waals surface area contributed by atoms with Crippen molar-refractivity contribution in [2.24, 2.45) is 0 Å². The van der Waals surface area contributed by atoms with E-state index in [2.05, 4.69) is 15.6 Å². The second kappa shape index (κ2) is 9.12. The first-order chi connectivity index (χ1) is 8.63. The Bertz CT molecular complexity index is 428. The minimum Gasteiger partial charge on any atom is -0.384 e. The number of nitrogens with zero attached hydrogens (tertiary/aromatic N) is 1. The Morgan fingerprint density at radius 3 is 2.74 bits per heavy atom. The Labute approximate surface area is 117 Å². The Morgan fingerprint density at radius 1 is 1.37 bits per heavy atom. The summed E-state index contributed by atoms with van der Waals surface area (Å²) < 4.78 is 4.77. The summed E-state index contributed by atoms with van der Waals surface area (Å²) in [5, 5.41) is 5.02. The Morgan fingerprint density at radius 2 is 2.11 bits per heavy atom. The molecular formula is C11H17ClN4O3. The van der Waals surface area contributed by atoms with Gasteiger partial charge < -0.3 is 21.1 Å². The molecule has 0 unspecified atom stereocenters. The van der Waals surface area contributed by atoms with Crippen molar-refractivity contribution < 1.29 is 14.3 Å². The van der Waals surface area contributed by atoms with E-state index in [4.69, 9.17) is 10.5 Å². The summed E-state index contributed by atoms with van der Waals surface area (Å²) in [6.07, 6.45) is 0. The Kier molecular flexibility index (Phi) is 8.23. The van der Waals surface area contributed by atoms with E-state index in [1.54, 1.807) is 19.2 Å². The molecule has 0 saturated carbocycles. The summed E-state index contributed by atoms with van der Waals surface area (Å²) in [7, 11) is 1.54. The van der Waals surface area contributed by atoms with Gasteiger partial charge in [-0.05, 0) is 12.1 Å². The third-order valence-electron chi connectivity index (χ3n) is 2.04. The van der Waals surface area contributed by atoms with E-state index >= 15 is 0 Å². The highest BCUT2D eigenvalue weighted by Gasteiger charge is 2.08. The number of halogens is 1. The van der Waals surface area contributed by atoms with Crippen molar-refractivity contribution in [3.05, 3.63) is 23.9 Å². The van der Waals surface area contributed by atoms with Gasteiger partial charge in [0.15, 0.2) is 0 Å². The van der Waals surface area contributed by atoms with Gasteiger partial charge in [0.2, 0.25) is 5.91 Å². The highest BCUT2D eigenvalue weighted by atomic mass is 35.5. The van der Waals surface area contributed by atoms with Gasteiger partial charge in [0.1, 0.15) is 11.5 Å². The maximum Gasteiger partial charge on any atom is 0.270 e. The molecular weight excluding hydrogens is 272 g/mol. The SMILES string of the molecule is COCCNC(=O)CNC(=O)c1cccc(N)n1.Cl. The minimum absolute atomic E-state index is 0. The van der Waals surface area contributed by atoms with Gasteiger partial charge in [-0.15, -0.1) is 12.4 Å². The van der Waals surface area contributed by atoms with Gasteiger partial charge in [-0.3, -0.25) is 9.59 Å².